The Morgan fingerprint density at radius 3 is 1.79 bits per heavy atom. The fourth-order valence-electron chi connectivity index (χ4n) is 3.75. The lowest BCUT2D eigenvalue weighted by Crippen LogP contribution is -2.44. The maximum atomic E-state index is 12.3. The van der Waals surface area contributed by atoms with Crippen molar-refractivity contribution in [3.63, 3.8) is 0 Å². The molecule has 0 N–H and O–H groups in total. The Balaban J connectivity index is 1.81. The molecule has 0 aliphatic rings. The summed E-state index contributed by atoms with van der Waals surface area (Å²) in [5, 5.41) is 0. The zero-order valence-electron chi connectivity index (χ0n) is 21.9. The van der Waals surface area contributed by atoms with E-state index in [-0.39, 0.29) is 19.0 Å². The highest BCUT2D eigenvalue weighted by Gasteiger charge is 2.33. The molecule has 3 rings (SSSR count). The number of carbonyl (C=O) groups excluding carboxylic acids is 1. The lowest BCUT2D eigenvalue weighted by Gasteiger charge is -2.32. The molecule has 6 heteroatoms. The number of carbonyl (C=O) groups is 1. The molecule has 3 atom stereocenters. The number of hydrogen-bond acceptors (Lipinski definition) is 6. The maximum Gasteiger partial charge on any atom is 0.372 e. The van der Waals surface area contributed by atoms with E-state index in [0.29, 0.717) is 19.8 Å². The van der Waals surface area contributed by atoms with E-state index in [1.54, 1.807) is 13.0 Å². The molecule has 0 heterocycles. The molecule has 38 heavy (non-hydrogen) atoms. The Labute approximate surface area is 225 Å². The van der Waals surface area contributed by atoms with Gasteiger partial charge in [0.2, 0.25) is 0 Å². The third-order valence-electron chi connectivity index (χ3n) is 5.68. The maximum absolute atomic E-state index is 12.3. The van der Waals surface area contributed by atoms with Gasteiger partial charge in [0.25, 0.3) is 0 Å². The van der Waals surface area contributed by atoms with Crippen LogP contribution >= 0.6 is 0 Å². The van der Waals surface area contributed by atoms with Crippen molar-refractivity contribution in [1.29, 1.82) is 0 Å². The van der Waals surface area contributed by atoms with Gasteiger partial charge in [-0.3, -0.25) is 0 Å². The molecule has 0 fully saturated rings. The molecule has 0 aliphatic heterocycles. The number of esters is 1. The molecular formula is C32H36O6. The monoisotopic (exact) mass is 516 g/mol. The topological polar surface area (TPSA) is 63.2 Å². The van der Waals surface area contributed by atoms with Gasteiger partial charge in [0.05, 0.1) is 33.0 Å². The van der Waals surface area contributed by atoms with Crippen LogP contribution in [-0.4, -0.2) is 37.5 Å². The van der Waals surface area contributed by atoms with Crippen molar-refractivity contribution in [1.82, 2.24) is 0 Å². The van der Waals surface area contributed by atoms with E-state index in [1.807, 2.05) is 91.0 Å². The highest BCUT2D eigenvalue weighted by atomic mass is 16.6. The number of rotatable bonds is 17. The average molecular weight is 517 g/mol. The highest BCUT2D eigenvalue weighted by molar-refractivity contribution is 5.85. The quantitative estimate of drug-likeness (QED) is 0.0946. The Bertz CT molecular complexity index is 1100. The van der Waals surface area contributed by atoms with Crippen molar-refractivity contribution in [3.8, 4) is 0 Å². The third kappa shape index (κ3) is 9.63. The van der Waals surface area contributed by atoms with E-state index in [1.165, 1.54) is 0 Å². The summed E-state index contributed by atoms with van der Waals surface area (Å²) in [6.45, 7) is 10.8. The Hall–Kier alpha value is -3.71. The molecule has 0 radical (unpaired) electrons. The molecule has 0 saturated carbocycles. The first kappa shape index (κ1) is 28.9. The minimum absolute atomic E-state index is 0.117. The van der Waals surface area contributed by atoms with Gasteiger partial charge in [-0.1, -0.05) is 97.1 Å². The molecule has 6 nitrogen and oxygen atoms in total. The predicted octanol–water partition coefficient (Wildman–Crippen LogP) is 6.02. The molecule has 0 bridgehead atoms. The Morgan fingerprint density at radius 1 is 0.789 bits per heavy atom. The van der Waals surface area contributed by atoms with Crippen LogP contribution in [0.1, 0.15) is 23.6 Å². The summed E-state index contributed by atoms with van der Waals surface area (Å²) in [6, 6.07) is 29.4. The van der Waals surface area contributed by atoms with Crippen molar-refractivity contribution in [2.45, 2.75) is 45.1 Å². The van der Waals surface area contributed by atoms with E-state index < -0.39 is 24.3 Å². The lowest BCUT2D eigenvalue weighted by molar-refractivity contribution is -0.157. The summed E-state index contributed by atoms with van der Waals surface area (Å²) in [6.07, 6.45) is -0.296. The predicted molar refractivity (Wildman–Crippen MR) is 147 cm³/mol. The van der Waals surface area contributed by atoms with Gasteiger partial charge >= 0.3 is 5.97 Å². The first-order valence-electron chi connectivity index (χ1n) is 12.7. The van der Waals surface area contributed by atoms with Crippen LogP contribution in [0.15, 0.2) is 116 Å². The van der Waals surface area contributed by atoms with E-state index in [0.717, 1.165) is 16.7 Å². The smallest absolute Gasteiger partial charge is 0.372 e. The normalized spacial score (nSPS) is 13.2. The van der Waals surface area contributed by atoms with E-state index >= 15 is 0 Å². The molecule has 200 valence electrons. The summed E-state index contributed by atoms with van der Waals surface area (Å²) in [4.78, 5) is 12.3. The fraction of sp³-hybridized carbons (Fsp3) is 0.281. The summed E-state index contributed by atoms with van der Waals surface area (Å²) >= 11 is 0. The van der Waals surface area contributed by atoms with Gasteiger partial charge in [0.1, 0.15) is 12.2 Å². The molecule has 0 spiro atoms. The van der Waals surface area contributed by atoms with Gasteiger partial charge in [0.15, 0.2) is 11.9 Å². The van der Waals surface area contributed by atoms with Crippen LogP contribution in [0.25, 0.3) is 0 Å². The minimum atomic E-state index is -0.738. The van der Waals surface area contributed by atoms with Gasteiger partial charge in [-0.05, 0) is 30.2 Å². The van der Waals surface area contributed by atoms with Gasteiger partial charge < -0.3 is 23.7 Å². The second-order valence-electron chi connectivity index (χ2n) is 8.56. The van der Waals surface area contributed by atoms with Gasteiger partial charge in [-0.2, -0.15) is 0 Å². The van der Waals surface area contributed by atoms with Gasteiger partial charge in [-0.15, -0.1) is 6.58 Å². The zero-order valence-corrected chi connectivity index (χ0v) is 21.9. The fourth-order valence-corrected chi connectivity index (χ4v) is 3.75. The molecule has 0 unspecified atom stereocenters. The first-order chi connectivity index (χ1) is 18.6. The summed E-state index contributed by atoms with van der Waals surface area (Å²) in [5.74, 6) is -0.762. The SMILES string of the molecule is C=C[C@@H](OCc1ccccc1)[C@@H](OCc1ccccc1)[C@@H](COCc1ccccc1)OC(=C)C(=O)OCC. The lowest BCUT2D eigenvalue weighted by atomic mass is 10.1. The van der Waals surface area contributed by atoms with Crippen molar-refractivity contribution >= 4 is 5.97 Å². The Kier molecular flexibility index (Phi) is 12.3. The van der Waals surface area contributed by atoms with Crippen LogP contribution in [0, 0.1) is 0 Å². The molecule has 0 saturated heterocycles. The molecule has 0 amide bonds. The second-order valence-corrected chi connectivity index (χ2v) is 8.56. The van der Waals surface area contributed by atoms with Crippen molar-refractivity contribution < 1.29 is 28.5 Å². The summed E-state index contributed by atoms with van der Waals surface area (Å²) in [5.41, 5.74) is 3.00. The van der Waals surface area contributed by atoms with Crippen molar-refractivity contribution in [2.24, 2.45) is 0 Å². The Morgan fingerprint density at radius 2 is 1.29 bits per heavy atom. The van der Waals surface area contributed by atoms with E-state index in [9.17, 15) is 4.79 Å². The average Bonchev–Trinajstić information content (AvgIpc) is 2.96. The largest absolute Gasteiger partial charge is 0.478 e. The van der Waals surface area contributed by atoms with Crippen LogP contribution in [0.2, 0.25) is 0 Å². The molecule has 0 aliphatic carbocycles. The minimum Gasteiger partial charge on any atom is -0.478 e. The standard InChI is InChI=1S/C32H36O6/c1-4-29(36-22-27-17-11-7-12-18-27)31(37-23-28-19-13-8-14-20-28)30(38-25(3)32(33)35-5-2)24-34-21-26-15-9-6-10-16-26/h4,6-20,29-31H,1,3,5,21-24H2,2H3/t29-,30-,31-/m1/s1. The second kappa shape index (κ2) is 16.2. The molecule has 3 aromatic rings. The van der Waals surface area contributed by atoms with Crippen LogP contribution < -0.4 is 0 Å². The molecular weight excluding hydrogens is 480 g/mol. The number of benzene rings is 3. The first-order valence-corrected chi connectivity index (χ1v) is 12.7. The van der Waals surface area contributed by atoms with Crippen LogP contribution in [0.5, 0.6) is 0 Å². The molecule has 0 aromatic heterocycles. The molecule has 3 aromatic carbocycles. The number of ether oxygens (including phenoxy) is 5. The third-order valence-corrected chi connectivity index (χ3v) is 5.68. The van der Waals surface area contributed by atoms with Crippen LogP contribution in [0.4, 0.5) is 0 Å². The summed E-state index contributed by atoms with van der Waals surface area (Å²) in [7, 11) is 0. The van der Waals surface area contributed by atoms with Crippen LogP contribution in [-0.2, 0) is 48.3 Å². The van der Waals surface area contributed by atoms with Crippen molar-refractivity contribution in [3.05, 3.63) is 133 Å². The highest BCUT2D eigenvalue weighted by Crippen LogP contribution is 2.21. The van der Waals surface area contributed by atoms with E-state index in [2.05, 4.69) is 13.2 Å². The number of hydrogen-bond donors (Lipinski definition) is 0. The van der Waals surface area contributed by atoms with Crippen molar-refractivity contribution in [2.75, 3.05) is 13.2 Å². The summed E-state index contributed by atoms with van der Waals surface area (Å²) < 4.78 is 29.8. The van der Waals surface area contributed by atoms with Gasteiger partial charge in [0, 0.05) is 0 Å². The van der Waals surface area contributed by atoms with E-state index in [4.69, 9.17) is 23.7 Å². The zero-order chi connectivity index (χ0) is 27.0. The van der Waals surface area contributed by atoms with Gasteiger partial charge in [-0.25, -0.2) is 4.79 Å². The van der Waals surface area contributed by atoms with Crippen LogP contribution in [0.3, 0.4) is 0 Å².